The average molecular weight is 269 g/mol. The topological polar surface area (TPSA) is 88.2 Å². The van der Waals surface area contributed by atoms with Crippen molar-refractivity contribution in [2.45, 2.75) is 52.5 Å². The van der Waals surface area contributed by atoms with E-state index >= 15 is 0 Å². The van der Waals surface area contributed by atoms with Gasteiger partial charge in [0.15, 0.2) is 5.69 Å². The van der Waals surface area contributed by atoms with E-state index in [4.69, 9.17) is 10.2 Å². The second kappa shape index (κ2) is 7.23. The van der Waals surface area contributed by atoms with Crippen LogP contribution in [-0.4, -0.2) is 37.8 Å². The van der Waals surface area contributed by atoms with Crippen LogP contribution in [0.5, 0.6) is 0 Å². The molecule has 0 aliphatic carbocycles. The van der Waals surface area contributed by atoms with Gasteiger partial charge < -0.3 is 10.2 Å². The molecule has 1 aromatic rings. The maximum atomic E-state index is 11.2. The minimum absolute atomic E-state index is 0.0508. The van der Waals surface area contributed by atoms with Crippen molar-refractivity contribution >= 4 is 5.97 Å². The Morgan fingerprint density at radius 2 is 2.00 bits per heavy atom. The molecule has 1 heterocycles. The molecule has 0 saturated heterocycles. The van der Waals surface area contributed by atoms with E-state index < -0.39 is 5.97 Å². The molecular weight excluding hydrogens is 246 g/mol. The Kier molecular flexibility index (Phi) is 5.95. The Bertz CT molecular complexity index is 415. The fraction of sp³-hybridized carbons (Fsp3) is 0.769. The van der Waals surface area contributed by atoms with E-state index in [2.05, 4.69) is 24.2 Å². The van der Waals surface area contributed by atoms with Gasteiger partial charge in [0.2, 0.25) is 0 Å². The van der Waals surface area contributed by atoms with Gasteiger partial charge in [-0.2, -0.15) is 0 Å². The SMILES string of the molecule is CC(C)CCc1c(C(=O)O)nnn1C(C)CCCO. The predicted molar refractivity (Wildman–Crippen MR) is 71.2 cm³/mol. The summed E-state index contributed by atoms with van der Waals surface area (Å²) in [5, 5.41) is 25.8. The summed E-state index contributed by atoms with van der Waals surface area (Å²) in [6, 6.07) is 0.0508. The second-order valence-electron chi connectivity index (χ2n) is 5.28. The fourth-order valence-corrected chi connectivity index (χ4v) is 2.00. The van der Waals surface area contributed by atoms with Crippen LogP contribution < -0.4 is 0 Å². The summed E-state index contributed by atoms with van der Waals surface area (Å²) < 4.78 is 1.70. The summed E-state index contributed by atoms with van der Waals surface area (Å²) in [5.41, 5.74) is 0.739. The quantitative estimate of drug-likeness (QED) is 0.752. The summed E-state index contributed by atoms with van der Waals surface area (Å²) in [5.74, 6) is -0.530. The number of rotatable bonds is 8. The summed E-state index contributed by atoms with van der Waals surface area (Å²) in [4.78, 5) is 11.2. The van der Waals surface area contributed by atoms with Gasteiger partial charge in [-0.05, 0) is 38.5 Å². The highest BCUT2D eigenvalue weighted by atomic mass is 16.4. The van der Waals surface area contributed by atoms with Gasteiger partial charge in [0.05, 0.1) is 11.7 Å². The minimum atomic E-state index is -1.03. The average Bonchev–Trinajstić information content (AvgIpc) is 2.77. The fourth-order valence-electron chi connectivity index (χ4n) is 2.00. The first-order chi connectivity index (χ1) is 8.97. The molecule has 0 spiro atoms. The first-order valence-corrected chi connectivity index (χ1v) is 6.75. The number of hydrogen-bond acceptors (Lipinski definition) is 4. The van der Waals surface area contributed by atoms with Crippen LogP contribution in [-0.2, 0) is 6.42 Å². The molecule has 6 nitrogen and oxygen atoms in total. The Balaban J connectivity index is 2.93. The molecule has 1 atom stereocenters. The van der Waals surface area contributed by atoms with E-state index in [1.165, 1.54) is 0 Å². The van der Waals surface area contributed by atoms with Crippen LogP contribution in [0.25, 0.3) is 0 Å². The molecule has 1 unspecified atom stereocenters. The molecule has 0 saturated carbocycles. The van der Waals surface area contributed by atoms with E-state index in [0.717, 1.165) is 12.8 Å². The normalized spacial score (nSPS) is 12.9. The van der Waals surface area contributed by atoms with E-state index in [9.17, 15) is 4.79 Å². The van der Waals surface area contributed by atoms with Gasteiger partial charge >= 0.3 is 5.97 Å². The van der Waals surface area contributed by atoms with Gasteiger partial charge in [-0.3, -0.25) is 0 Å². The molecule has 0 aromatic carbocycles. The zero-order chi connectivity index (χ0) is 14.4. The van der Waals surface area contributed by atoms with Crippen LogP contribution >= 0.6 is 0 Å². The lowest BCUT2D eigenvalue weighted by Gasteiger charge is -2.15. The second-order valence-corrected chi connectivity index (χ2v) is 5.28. The molecule has 0 fully saturated rings. The van der Waals surface area contributed by atoms with Crippen LogP contribution in [0.15, 0.2) is 0 Å². The zero-order valence-electron chi connectivity index (χ0n) is 11.8. The molecule has 0 aliphatic heterocycles. The Labute approximate surface area is 113 Å². The molecule has 6 heteroatoms. The van der Waals surface area contributed by atoms with Crippen molar-refractivity contribution in [3.8, 4) is 0 Å². The maximum Gasteiger partial charge on any atom is 0.358 e. The van der Waals surface area contributed by atoms with Crippen molar-refractivity contribution in [1.82, 2.24) is 15.0 Å². The molecule has 108 valence electrons. The molecule has 2 N–H and O–H groups in total. The van der Waals surface area contributed by atoms with Crippen molar-refractivity contribution in [3.05, 3.63) is 11.4 Å². The number of aromatic carboxylic acids is 1. The molecule has 0 aliphatic rings. The Morgan fingerprint density at radius 3 is 2.53 bits per heavy atom. The van der Waals surface area contributed by atoms with Crippen LogP contribution in [0.3, 0.4) is 0 Å². The van der Waals surface area contributed by atoms with Crippen LogP contribution in [0, 0.1) is 5.92 Å². The van der Waals surface area contributed by atoms with Gasteiger partial charge in [-0.15, -0.1) is 5.10 Å². The summed E-state index contributed by atoms with van der Waals surface area (Å²) in [6.07, 6.45) is 3.00. The van der Waals surface area contributed by atoms with Crippen molar-refractivity contribution < 1.29 is 15.0 Å². The lowest BCUT2D eigenvalue weighted by atomic mass is 10.0. The highest BCUT2D eigenvalue weighted by Gasteiger charge is 2.21. The van der Waals surface area contributed by atoms with Gasteiger partial charge in [0.25, 0.3) is 0 Å². The third-order valence-electron chi connectivity index (χ3n) is 3.15. The zero-order valence-corrected chi connectivity index (χ0v) is 11.8. The van der Waals surface area contributed by atoms with Crippen molar-refractivity contribution in [3.63, 3.8) is 0 Å². The standard InChI is InChI=1S/C13H23N3O3/c1-9(2)6-7-11-12(13(18)19)14-15-16(11)10(3)5-4-8-17/h9-10,17H,4-8H2,1-3H3,(H,18,19). The number of carbonyl (C=O) groups is 1. The Morgan fingerprint density at radius 1 is 1.32 bits per heavy atom. The van der Waals surface area contributed by atoms with Crippen LogP contribution in [0.1, 0.15) is 62.3 Å². The van der Waals surface area contributed by atoms with E-state index in [1.54, 1.807) is 4.68 Å². The van der Waals surface area contributed by atoms with Crippen molar-refractivity contribution in [2.24, 2.45) is 5.92 Å². The molecule has 19 heavy (non-hydrogen) atoms. The number of carboxylic acids is 1. The first kappa shape index (κ1) is 15.6. The van der Waals surface area contributed by atoms with Crippen LogP contribution in [0.4, 0.5) is 0 Å². The van der Waals surface area contributed by atoms with E-state index in [0.29, 0.717) is 24.5 Å². The largest absolute Gasteiger partial charge is 0.476 e. The number of aromatic nitrogens is 3. The smallest absolute Gasteiger partial charge is 0.358 e. The summed E-state index contributed by atoms with van der Waals surface area (Å²) in [7, 11) is 0. The lowest BCUT2D eigenvalue weighted by Crippen LogP contribution is -2.14. The third-order valence-corrected chi connectivity index (χ3v) is 3.15. The summed E-state index contributed by atoms with van der Waals surface area (Å²) >= 11 is 0. The van der Waals surface area contributed by atoms with Crippen LogP contribution in [0.2, 0.25) is 0 Å². The highest BCUT2D eigenvalue weighted by Crippen LogP contribution is 2.19. The van der Waals surface area contributed by atoms with E-state index in [-0.39, 0.29) is 18.3 Å². The third kappa shape index (κ3) is 4.31. The maximum absolute atomic E-state index is 11.2. The highest BCUT2D eigenvalue weighted by molar-refractivity contribution is 5.86. The minimum Gasteiger partial charge on any atom is -0.476 e. The number of carboxylic acid groups (broad SMARTS) is 1. The molecule has 0 amide bonds. The molecular formula is C13H23N3O3. The Hall–Kier alpha value is -1.43. The van der Waals surface area contributed by atoms with Gasteiger partial charge in [0.1, 0.15) is 0 Å². The van der Waals surface area contributed by atoms with Gasteiger partial charge in [0, 0.05) is 6.61 Å². The number of nitrogens with zero attached hydrogens (tertiary/aromatic N) is 3. The van der Waals surface area contributed by atoms with Crippen molar-refractivity contribution in [2.75, 3.05) is 6.61 Å². The predicted octanol–water partition coefficient (Wildman–Crippen LogP) is 1.90. The monoisotopic (exact) mass is 269 g/mol. The molecule has 1 rings (SSSR count). The number of aliphatic hydroxyl groups is 1. The van der Waals surface area contributed by atoms with Crippen molar-refractivity contribution in [1.29, 1.82) is 0 Å². The molecule has 0 radical (unpaired) electrons. The molecule has 0 bridgehead atoms. The number of hydrogen-bond donors (Lipinski definition) is 2. The molecule has 1 aromatic heterocycles. The lowest BCUT2D eigenvalue weighted by molar-refractivity contribution is 0.0689. The van der Waals surface area contributed by atoms with Gasteiger partial charge in [-0.1, -0.05) is 19.1 Å². The number of aliphatic hydroxyl groups excluding tert-OH is 1. The summed E-state index contributed by atoms with van der Waals surface area (Å²) in [6.45, 7) is 6.30. The van der Waals surface area contributed by atoms with E-state index in [1.807, 2.05) is 6.92 Å². The first-order valence-electron chi connectivity index (χ1n) is 6.75. The van der Waals surface area contributed by atoms with Gasteiger partial charge in [-0.25, -0.2) is 9.48 Å².